The number of ether oxygens (including phenoxy) is 1. The third kappa shape index (κ3) is 9.22. The molecule has 6 heteroatoms. The van der Waals surface area contributed by atoms with E-state index in [4.69, 9.17) is 4.74 Å². The first-order valence-corrected chi connectivity index (χ1v) is 11.9. The molecule has 0 aliphatic heterocycles. The van der Waals surface area contributed by atoms with E-state index in [1.807, 2.05) is 20.8 Å². The highest BCUT2D eigenvalue weighted by Crippen LogP contribution is 2.26. The fourth-order valence-electron chi connectivity index (χ4n) is 2.12. The minimum atomic E-state index is -3.29. The molecular weight excluding hydrogens is 330 g/mol. The van der Waals surface area contributed by atoms with Crippen molar-refractivity contribution in [3.8, 4) is 0 Å². The molecule has 0 aromatic heterocycles. The van der Waals surface area contributed by atoms with Crippen LogP contribution in [-0.2, 0) is 14.8 Å². The SMILES string of the molecule is C=S(C)CC[C@@H](CN(C(C)(C)C)S(C)(=O)=O)O[C@@H](C)C(C)(C)C. The van der Waals surface area contributed by atoms with Crippen molar-refractivity contribution in [1.29, 1.82) is 0 Å². The summed E-state index contributed by atoms with van der Waals surface area (Å²) in [5, 5.41) is 0. The summed E-state index contributed by atoms with van der Waals surface area (Å²) in [6.07, 6.45) is 4.13. The normalized spacial score (nSPS) is 18.0. The summed E-state index contributed by atoms with van der Waals surface area (Å²) in [7, 11) is -3.21. The van der Waals surface area contributed by atoms with E-state index in [1.54, 1.807) is 4.31 Å². The Morgan fingerprint density at radius 2 is 1.65 bits per heavy atom. The molecule has 0 spiro atoms. The number of sulfonamides is 1. The van der Waals surface area contributed by atoms with Crippen molar-refractivity contribution in [2.75, 3.05) is 24.8 Å². The van der Waals surface area contributed by atoms with E-state index in [1.165, 1.54) is 6.26 Å². The van der Waals surface area contributed by atoms with E-state index in [0.717, 1.165) is 12.2 Å². The van der Waals surface area contributed by atoms with Crippen LogP contribution in [-0.4, -0.2) is 61.1 Å². The molecule has 0 heterocycles. The Balaban J connectivity index is 5.30. The fraction of sp³-hybridized carbons (Fsp3) is 0.941. The zero-order valence-corrected chi connectivity index (χ0v) is 18.1. The van der Waals surface area contributed by atoms with Crippen LogP contribution in [0.1, 0.15) is 54.9 Å². The Labute approximate surface area is 147 Å². The van der Waals surface area contributed by atoms with Crippen LogP contribution < -0.4 is 0 Å². The highest BCUT2D eigenvalue weighted by atomic mass is 32.2. The van der Waals surface area contributed by atoms with Crippen molar-refractivity contribution < 1.29 is 13.2 Å². The molecule has 1 unspecified atom stereocenters. The van der Waals surface area contributed by atoms with Crippen LogP contribution in [0.5, 0.6) is 0 Å². The lowest BCUT2D eigenvalue weighted by Crippen LogP contribution is -2.50. The molecule has 0 aliphatic carbocycles. The highest BCUT2D eigenvalue weighted by Gasteiger charge is 2.33. The summed E-state index contributed by atoms with van der Waals surface area (Å²) in [4.78, 5) is 0. The molecule has 3 atom stereocenters. The standard InChI is InChI=1S/C17H37NO3S2/c1-14(16(2,3)4)21-15(11-12-22(8)9)13-18(17(5,6)7)23(10,19)20/h14-15H,8,11-13H2,1-7,9-10H3/t14-,15-,22?/m0/s1. The van der Waals surface area contributed by atoms with E-state index in [-0.39, 0.29) is 28.1 Å². The first-order chi connectivity index (χ1) is 10.0. The van der Waals surface area contributed by atoms with Crippen LogP contribution in [0.15, 0.2) is 0 Å². The number of rotatable bonds is 8. The lowest BCUT2D eigenvalue weighted by atomic mass is 9.90. The van der Waals surface area contributed by atoms with Crippen molar-refractivity contribution in [1.82, 2.24) is 4.31 Å². The van der Waals surface area contributed by atoms with Gasteiger partial charge in [-0.3, -0.25) is 0 Å². The maximum atomic E-state index is 12.2. The molecular formula is C17H37NO3S2. The van der Waals surface area contributed by atoms with Gasteiger partial charge in [0.2, 0.25) is 10.0 Å². The fourth-order valence-corrected chi connectivity index (χ4v) is 4.22. The highest BCUT2D eigenvalue weighted by molar-refractivity contribution is 8.13. The van der Waals surface area contributed by atoms with Crippen molar-refractivity contribution in [3.05, 3.63) is 0 Å². The minimum Gasteiger partial charge on any atom is -0.373 e. The number of hydrogen-bond acceptors (Lipinski definition) is 3. The van der Waals surface area contributed by atoms with Crippen LogP contribution >= 0.6 is 10.5 Å². The van der Waals surface area contributed by atoms with Crippen LogP contribution in [0.4, 0.5) is 0 Å². The zero-order chi connectivity index (χ0) is 18.6. The second-order valence-electron chi connectivity index (χ2n) is 8.51. The molecule has 0 saturated carbocycles. The van der Waals surface area contributed by atoms with Gasteiger partial charge < -0.3 is 4.74 Å². The maximum Gasteiger partial charge on any atom is 0.211 e. The average molecular weight is 368 g/mol. The molecule has 0 aromatic rings. The third-order valence-electron chi connectivity index (χ3n) is 3.92. The van der Waals surface area contributed by atoms with Crippen LogP contribution in [0, 0.1) is 5.41 Å². The lowest BCUT2D eigenvalue weighted by molar-refractivity contribution is -0.0656. The smallest absolute Gasteiger partial charge is 0.211 e. The van der Waals surface area contributed by atoms with Crippen LogP contribution in [0.2, 0.25) is 0 Å². The van der Waals surface area contributed by atoms with Crippen molar-refractivity contribution in [2.24, 2.45) is 5.41 Å². The van der Waals surface area contributed by atoms with E-state index < -0.39 is 15.6 Å². The Morgan fingerprint density at radius 3 is 1.96 bits per heavy atom. The molecule has 0 aliphatic rings. The summed E-state index contributed by atoms with van der Waals surface area (Å²) in [6, 6.07) is 0. The van der Waals surface area contributed by atoms with Crippen LogP contribution in [0.3, 0.4) is 0 Å². The van der Waals surface area contributed by atoms with Crippen molar-refractivity contribution >= 4 is 26.4 Å². The predicted molar refractivity (Wildman–Crippen MR) is 105 cm³/mol. The topological polar surface area (TPSA) is 46.6 Å². The molecule has 23 heavy (non-hydrogen) atoms. The van der Waals surface area contributed by atoms with E-state index in [9.17, 15) is 8.42 Å². The molecule has 140 valence electrons. The van der Waals surface area contributed by atoms with E-state index >= 15 is 0 Å². The van der Waals surface area contributed by atoms with Gasteiger partial charge in [-0.05, 0) is 51.5 Å². The van der Waals surface area contributed by atoms with Gasteiger partial charge in [0.1, 0.15) is 0 Å². The third-order valence-corrected chi connectivity index (χ3v) is 6.35. The van der Waals surface area contributed by atoms with Gasteiger partial charge in [0.15, 0.2) is 0 Å². The van der Waals surface area contributed by atoms with Gasteiger partial charge >= 0.3 is 0 Å². The van der Waals surface area contributed by atoms with Gasteiger partial charge in [-0.2, -0.15) is 14.8 Å². The molecule has 0 fully saturated rings. The van der Waals surface area contributed by atoms with Gasteiger partial charge in [-0.25, -0.2) is 8.42 Å². The summed E-state index contributed by atoms with van der Waals surface area (Å²) >= 11 is 0. The molecule has 0 aromatic carbocycles. The predicted octanol–water partition coefficient (Wildman–Crippen LogP) is 3.59. The zero-order valence-electron chi connectivity index (χ0n) is 16.5. The van der Waals surface area contributed by atoms with Crippen LogP contribution in [0.25, 0.3) is 0 Å². The first kappa shape index (κ1) is 23.1. The van der Waals surface area contributed by atoms with Gasteiger partial charge in [-0.1, -0.05) is 26.6 Å². The van der Waals surface area contributed by atoms with Crippen molar-refractivity contribution in [3.63, 3.8) is 0 Å². The Bertz CT molecular complexity index is 487. The average Bonchev–Trinajstić information content (AvgIpc) is 2.27. The molecule has 0 N–H and O–H groups in total. The molecule has 4 nitrogen and oxygen atoms in total. The Hall–Kier alpha value is 0.0900. The summed E-state index contributed by atoms with van der Waals surface area (Å²) in [5.74, 6) is 5.00. The Morgan fingerprint density at radius 1 is 1.17 bits per heavy atom. The van der Waals surface area contributed by atoms with E-state index in [2.05, 4.69) is 39.8 Å². The molecule has 0 rings (SSSR count). The maximum absolute atomic E-state index is 12.2. The quantitative estimate of drug-likeness (QED) is 0.616. The largest absolute Gasteiger partial charge is 0.373 e. The van der Waals surface area contributed by atoms with E-state index in [0.29, 0.717) is 6.54 Å². The molecule has 0 amide bonds. The van der Waals surface area contributed by atoms with Gasteiger partial charge in [0.05, 0.1) is 18.5 Å². The second-order valence-corrected chi connectivity index (χ2v) is 12.4. The molecule has 0 saturated heterocycles. The molecule has 0 radical (unpaired) electrons. The van der Waals surface area contributed by atoms with Gasteiger partial charge in [0, 0.05) is 12.1 Å². The van der Waals surface area contributed by atoms with Gasteiger partial charge in [-0.15, -0.1) is 0 Å². The summed E-state index contributed by atoms with van der Waals surface area (Å²) < 4.78 is 32.2. The first-order valence-electron chi connectivity index (χ1n) is 8.10. The lowest BCUT2D eigenvalue weighted by Gasteiger charge is -2.38. The van der Waals surface area contributed by atoms with Crippen molar-refractivity contribution in [2.45, 2.75) is 72.6 Å². The second kappa shape index (κ2) is 8.45. The van der Waals surface area contributed by atoms with Gasteiger partial charge in [0.25, 0.3) is 0 Å². The number of hydrogen-bond donors (Lipinski definition) is 0. The minimum absolute atomic E-state index is 0.0221. The summed E-state index contributed by atoms with van der Waals surface area (Å²) in [6.45, 7) is 14.6. The monoisotopic (exact) mass is 367 g/mol. The molecule has 0 bridgehead atoms. The summed E-state index contributed by atoms with van der Waals surface area (Å²) in [5.41, 5.74) is -0.438. The Kier molecular flexibility index (Phi) is 8.49. The number of nitrogens with zero attached hydrogens (tertiary/aromatic N) is 1.